The van der Waals surface area contributed by atoms with E-state index in [1.807, 2.05) is 0 Å². The second kappa shape index (κ2) is 8.48. The van der Waals surface area contributed by atoms with Crippen molar-refractivity contribution in [3.05, 3.63) is 0 Å². The summed E-state index contributed by atoms with van der Waals surface area (Å²) in [6.45, 7) is 9.83. The zero-order valence-corrected chi connectivity index (χ0v) is 9.18. The molecule has 0 bridgehead atoms. The first-order chi connectivity index (χ1) is 6.16. The molecular weight excluding hydrogens is 164 g/mol. The van der Waals surface area contributed by atoms with Gasteiger partial charge < -0.3 is 15.8 Å². The highest BCUT2D eigenvalue weighted by atomic mass is 16.5. The second-order valence-corrected chi connectivity index (χ2v) is 3.91. The van der Waals surface area contributed by atoms with Crippen molar-refractivity contribution in [2.24, 2.45) is 11.7 Å². The van der Waals surface area contributed by atoms with Crippen LogP contribution < -0.4 is 11.1 Å². The molecule has 0 heterocycles. The molecule has 80 valence electrons. The van der Waals surface area contributed by atoms with Gasteiger partial charge in [0.2, 0.25) is 0 Å². The van der Waals surface area contributed by atoms with E-state index in [1.54, 1.807) is 0 Å². The van der Waals surface area contributed by atoms with Gasteiger partial charge in [0.15, 0.2) is 0 Å². The fourth-order valence-corrected chi connectivity index (χ4v) is 0.925. The third kappa shape index (κ3) is 9.80. The summed E-state index contributed by atoms with van der Waals surface area (Å²) in [5.74, 6) is 0.635. The van der Waals surface area contributed by atoms with Gasteiger partial charge in [0.25, 0.3) is 0 Å². The first-order valence-electron chi connectivity index (χ1n) is 5.18. The molecule has 1 atom stereocenters. The lowest BCUT2D eigenvalue weighted by Gasteiger charge is -2.11. The van der Waals surface area contributed by atoms with Crippen LogP contribution in [0.25, 0.3) is 0 Å². The molecule has 0 fully saturated rings. The summed E-state index contributed by atoms with van der Waals surface area (Å²) >= 11 is 0. The number of nitrogens with two attached hydrogens (primary N) is 1. The lowest BCUT2D eigenvalue weighted by atomic mass is 10.2. The van der Waals surface area contributed by atoms with E-state index in [1.165, 1.54) is 0 Å². The largest absolute Gasteiger partial charge is 0.381 e. The Balaban J connectivity index is 2.99. The average molecular weight is 188 g/mol. The number of rotatable bonds is 8. The smallest absolute Gasteiger partial charge is 0.0489 e. The summed E-state index contributed by atoms with van der Waals surface area (Å²) in [7, 11) is 0. The van der Waals surface area contributed by atoms with E-state index in [4.69, 9.17) is 10.5 Å². The van der Waals surface area contributed by atoms with Crippen molar-refractivity contribution in [3.63, 3.8) is 0 Å². The number of ether oxygens (including phenoxy) is 1. The Morgan fingerprint density at radius 1 is 1.31 bits per heavy atom. The minimum atomic E-state index is 0.421. The van der Waals surface area contributed by atoms with Crippen LogP contribution in [0.2, 0.25) is 0 Å². The van der Waals surface area contributed by atoms with Gasteiger partial charge in [0, 0.05) is 25.8 Å². The van der Waals surface area contributed by atoms with Crippen LogP contribution in [0.3, 0.4) is 0 Å². The normalized spacial score (nSPS) is 13.6. The first-order valence-corrected chi connectivity index (χ1v) is 5.18. The third-order valence-electron chi connectivity index (χ3n) is 1.76. The molecule has 0 spiro atoms. The van der Waals surface area contributed by atoms with Crippen molar-refractivity contribution in [3.8, 4) is 0 Å². The van der Waals surface area contributed by atoms with Crippen LogP contribution in [0, 0.1) is 5.92 Å². The van der Waals surface area contributed by atoms with E-state index >= 15 is 0 Å². The molecule has 0 amide bonds. The monoisotopic (exact) mass is 188 g/mol. The Kier molecular flexibility index (Phi) is 8.40. The van der Waals surface area contributed by atoms with Gasteiger partial charge in [-0.1, -0.05) is 13.8 Å². The predicted octanol–water partition coefficient (Wildman–Crippen LogP) is 0.986. The SMILES string of the molecule is CC(C)COCCCNC(C)CN. The number of hydrogen-bond acceptors (Lipinski definition) is 3. The highest BCUT2D eigenvalue weighted by Crippen LogP contribution is 1.92. The summed E-state index contributed by atoms with van der Waals surface area (Å²) in [6, 6.07) is 0.421. The fourth-order valence-electron chi connectivity index (χ4n) is 0.925. The fraction of sp³-hybridized carbons (Fsp3) is 1.00. The molecule has 3 N–H and O–H groups in total. The van der Waals surface area contributed by atoms with Crippen molar-refractivity contribution in [2.75, 3.05) is 26.3 Å². The first kappa shape index (κ1) is 12.9. The molecule has 13 heavy (non-hydrogen) atoms. The van der Waals surface area contributed by atoms with Crippen LogP contribution in [0.5, 0.6) is 0 Å². The van der Waals surface area contributed by atoms with Gasteiger partial charge in [-0.2, -0.15) is 0 Å². The maximum atomic E-state index is 5.46. The molecule has 3 heteroatoms. The molecule has 0 saturated heterocycles. The van der Waals surface area contributed by atoms with Crippen LogP contribution in [0.1, 0.15) is 27.2 Å². The van der Waals surface area contributed by atoms with Crippen molar-refractivity contribution in [1.82, 2.24) is 5.32 Å². The van der Waals surface area contributed by atoms with Crippen LogP contribution >= 0.6 is 0 Å². The van der Waals surface area contributed by atoms with Gasteiger partial charge in [0.1, 0.15) is 0 Å². The summed E-state index contributed by atoms with van der Waals surface area (Å²) in [5.41, 5.74) is 5.46. The minimum absolute atomic E-state index is 0.421. The summed E-state index contributed by atoms with van der Waals surface area (Å²) < 4.78 is 5.44. The van der Waals surface area contributed by atoms with E-state index in [0.29, 0.717) is 18.5 Å². The maximum absolute atomic E-state index is 5.46. The maximum Gasteiger partial charge on any atom is 0.0489 e. The average Bonchev–Trinajstić information content (AvgIpc) is 2.10. The molecule has 1 unspecified atom stereocenters. The molecular formula is C10H24N2O. The lowest BCUT2D eigenvalue weighted by Crippen LogP contribution is -2.34. The Hall–Kier alpha value is -0.120. The van der Waals surface area contributed by atoms with Crippen LogP contribution in [-0.2, 0) is 4.74 Å². The van der Waals surface area contributed by atoms with Crippen molar-refractivity contribution in [1.29, 1.82) is 0 Å². The highest BCUT2D eigenvalue weighted by Gasteiger charge is 1.97. The van der Waals surface area contributed by atoms with Crippen LogP contribution in [0.15, 0.2) is 0 Å². The van der Waals surface area contributed by atoms with E-state index < -0.39 is 0 Å². The van der Waals surface area contributed by atoms with E-state index in [2.05, 4.69) is 26.1 Å². The second-order valence-electron chi connectivity index (χ2n) is 3.91. The third-order valence-corrected chi connectivity index (χ3v) is 1.76. The molecule has 0 aromatic heterocycles. The van der Waals surface area contributed by atoms with Gasteiger partial charge in [-0.25, -0.2) is 0 Å². The zero-order valence-electron chi connectivity index (χ0n) is 9.18. The molecule has 3 nitrogen and oxygen atoms in total. The Bertz CT molecular complexity index is 107. The summed E-state index contributed by atoms with van der Waals surface area (Å²) in [4.78, 5) is 0. The standard InChI is InChI=1S/C10H24N2O/c1-9(2)8-13-6-4-5-12-10(3)7-11/h9-10,12H,4-8,11H2,1-3H3. The number of nitrogens with one attached hydrogen (secondary N) is 1. The van der Waals surface area contributed by atoms with E-state index in [9.17, 15) is 0 Å². The predicted molar refractivity (Wildman–Crippen MR) is 56.8 cm³/mol. The Morgan fingerprint density at radius 3 is 2.54 bits per heavy atom. The highest BCUT2D eigenvalue weighted by molar-refractivity contribution is 4.59. The molecule has 0 saturated carbocycles. The molecule has 0 aromatic carbocycles. The van der Waals surface area contributed by atoms with Crippen LogP contribution in [0.4, 0.5) is 0 Å². The molecule has 0 aliphatic rings. The Labute approximate surface area is 82.0 Å². The van der Waals surface area contributed by atoms with Gasteiger partial charge >= 0.3 is 0 Å². The van der Waals surface area contributed by atoms with Gasteiger partial charge in [0.05, 0.1) is 0 Å². The number of hydrogen-bond donors (Lipinski definition) is 2. The summed E-state index contributed by atoms with van der Waals surface area (Å²) in [5, 5.41) is 3.32. The zero-order chi connectivity index (χ0) is 10.1. The van der Waals surface area contributed by atoms with Crippen molar-refractivity contribution < 1.29 is 4.74 Å². The molecule has 0 radical (unpaired) electrons. The van der Waals surface area contributed by atoms with Crippen molar-refractivity contribution >= 4 is 0 Å². The topological polar surface area (TPSA) is 47.3 Å². The quantitative estimate of drug-likeness (QED) is 0.558. The molecule has 0 rings (SSSR count). The van der Waals surface area contributed by atoms with Gasteiger partial charge in [-0.3, -0.25) is 0 Å². The van der Waals surface area contributed by atoms with Gasteiger partial charge in [-0.05, 0) is 25.8 Å². The molecule has 0 aliphatic carbocycles. The molecule has 0 aromatic rings. The van der Waals surface area contributed by atoms with E-state index in [-0.39, 0.29) is 0 Å². The summed E-state index contributed by atoms with van der Waals surface area (Å²) in [6.07, 6.45) is 1.07. The van der Waals surface area contributed by atoms with Crippen LogP contribution in [-0.4, -0.2) is 32.3 Å². The minimum Gasteiger partial charge on any atom is -0.381 e. The lowest BCUT2D eigenvalue weighted by molar-refractivity contribution is 0.107. The molecule has 0 aliphatic heterocycles. The van der Waals surface area contributed by atoms with E-state index in [0.717, 1.165) is 26.2 Å². The van der Waals surface area contributed by atoms with Crippen molar-refractivity contribution in [2.45, 2.75) is 33.2 Å². The Morgan fingerprint density at radius 2 is 2.00 bits per heavy atom. The van der Waals surface area contributed by atoms with Gasteiger partial charge in [-0.15, -0.1) is 0 Å².